The summed E-state index contributed by atoms with van der Waals surface area (Å²) in [7, 11) is 0. The maximum atomic E-state index is 8.46. The lowest BCUT2D eigenvalue weighted by atomic mass is 10.2. The minimum atomic E-state index is -0.305. The minimum Gasteiger partial charge on any atom is -0.315 e. The summed E-state index contributed by atoms with van der Waals surface area (Å²) in [5.41, 5.74) is 5.50. The molecule has 0 aliphatic carbocycles. The van der Waals surface area contributed by atoms with Crippen molar-refractivity contribution in [1.82, 2.24) is 4.90 Å². The highest BCUT2D eigenvalue weighted by molar-refractivity contribution is 4.90. The minimum absolute atomic E-state index is 0.305. The third-order valence-corrected chi connectivity index (χ3v) is 2.13. The Morgan fingerprint density at radius 3 is 3.00 bits per heavy atom. The highest BCUT2D eigenvalue weighted by atomic mass is 15.2. The highest BCUT2D eigenvalue weighted by Gasteiger charge is 2.19. The summed E-state index contributed by atoms with van der Waals surface area (Å²) >= 11 is 0. The van der Waals surface area contributed by atoms with Crippen molar-refractivity contribution in [2.24, 2.45) is 11.7 Å². The van der Waals surface area contributed by atoms with E-state index in [1.165, 1.54) is 6.42 Å². The first-order valence-electron chi connectivity index (χ1n) is 4.10. The van der Waals surface area contributed by atoms with Gasteiger partial charge in [0, 0.05) is 13.1 Å². The molecule has 1 aliphatic heterocycles. The van der Waals surface area contributed by atoms with Crippen LogP contribution in [0, 0.1) is 17.2 Å². The fourth-order valence-corrected chi connectivity index (χ4v) is 1.51. The van der Waals surface area contributed by atoms with E-state index in [2.05, 4.69) is 11.8 Å². The zero-order valence-corrected chi connectivity index (χ0v) is 6.95. The summed E-state index contributed by atoms with van der Waals surface area (Å²) in [6, 6.07) is 1.74. The molecular formula is C8H15N3. The van der Waals surface area contributed by atoms with E-state index in [-0.39, 0.29) is 6.04 Å². The first kappa shape index (κ1) is 8.51. The topological polar surface area (TPSA) is 53.0 Å². The molecule has 0 saturated carbocycles. The van der Waals surface area contributed by atoms with Gasteiger partial charge in [-0.25, -0.2) is 0 Å². The Labute approximate surface area is 67.8 Å². The van der Waals surface area contributed by atoms with Crippen LogP contribution >= 0.6 is 0 Å². The molecule has 0 amide bonds. The Morgan fingerprint density at radius 1 is 1.82 bits per heavy atom. The van der Waals surface area contributed by atoms with Crippen molar-refractivity contribution in [2.75, 3.05) is 19.6 Å². The van der Waals surface area contributed by atoms with Crippen LogP contribution in [0.1, 0.15) is 13.3 Å². The van der Waals surface area contributed by atoms with Crippen molar-refractivity contribution < 1.29 is 0 Å². The summed E-state index contributed by atoms with van der Waals surface area (Å²) in [6.45, 7) is 5.19. The molecule has 1 saturated heterocycles. The molecule has 3 heteroatoms. The zero-order chi connectivity index (χ0) is 8.27. The maximum absolute atomic E-state index is 8.46. The molecule has 2 N–H and O–H groups in total. The van der Waals surface area contributed by atoms with Crippen LogP contribution in [-0.2, 0) is 0 Å². The third-order valence-electron chi connectivity index (χ3n) is 2.13. The molecule has 1 rings (SSSR count). The number of rotatable bonds is 2. The van der Waals surface area contributed by atoms with E-state index in [4.69, 9.17) is 11.0 Å². The average molecular weight is 153 g/mol. The summed E-state index contributed by atoms with van der Waals surface area (Å²) in [5, 5.41) is 8.46. The van der Waals surface area contributed by atoms with Crippen LogP contribution < -0.4 is 5.73 Å². The van der Waals surface area contributed by atoms with E-state index in [0.29, 0.717) is 0 Å². The molecule has 11 heavy (non-hydrogen) atoms. The molecular weight excluding hydrogens is 138 g/mol. The van der Waals surface area contributed by atoms with Crippen LogP contribution in [0.5, 0.6) is 0 Å². The van der Waals surface area contributed by atoms with E-state index in [1.807, 2.05) is 6.07 Å². The fraction of sp³-hybridized carbons (Fsp3) is 0.875. The second kappa shape index (κ2) is 3.70. The standard InChI is InChI=1S/C8H15N3/c1-7-2-3-11(5-7)6-8(10)4-9/h7-8H,2-3,5-6,10H2,1H3. The molecule has 3 nitrogen and oxygen atoms in total. The first-order valence-corrected chi connectivity index (χ1v) is 4.10. The van der Waals surface area contributed by atoms with Crippen molar-refractivity contribution in [3.63, 3.8) is 0 Å². The van der Waals surface area contributed by atoms with Gasteiger partial charge in [-0.05, 0) is 18.9 Å². The molecule has 0 spiro atoms. The highest BCUT2D eigenvalue weighted by Crippen LogP contribution is 2.14. The molecule has 0 aromatic carbocycles. The van der Waals surface area contributed by atoms with Crippen molar-refractivity contribution >= 4 is 0 Å². The Kier molecular flexibility index (Phi) is 2.86. The summed E-state index contributed by atoms with van der Waals surface area (Å²) in [5.74, 6) is 0.779. The lowest BCUT2D eigenvalue weighted by Crippen LogP contribution is -2.35. The van der Waals surface area contributed by atoms with Crippen molar-refractivity contribution in [2.45, 2.75) is 19.4 Å². The number of nitrogens with two attached hydrogens (primary N) is 1. The predicted octanol–water partition coefficient (Wildman–Crippen LogP) is 0.179. The normalized spacial score (nSPS) is 28.3. The molecule has 1 aliphatic rings. The number of hydrogen-bond donors (Lipinski definition) is 1. The SMILES string of the molecule is CC1CCN(CC(N)C#N)C1. The van der Waals surface area contributed by atoms with E-state index in [0.717, 1.165) is 25.6 Å². The average Bonchev–Trinajstić information content (AvgIpc) is 2.35. The van der Waals surface area contributed by atoms with Crippen LogP contribution in [0.4, 0.5) is 0 Å². The first-order chi connectivity index (χ1) is 5.22. The summed E-state index contributed by atoms with van der Waals surface area (Å²) in [6.07, 6.45) is 1.25. The smallest absolute Gasteiger partial charge is 0.106 e. The van der Waals surface area contributed by atoms with Gasteiger partial charge in [-0.1, -0.05) is 6.92 Å². The molecule has 62 valence electrons. The van der Waals surface area contributed by atoms with Gasteiger partial charge < -0.3 is 10.6 Å². The monoisotopic (exact) mass is 153 g/mol. The molecule has 1 fully saturated rings. The van der Waals surface area contributed by atoms with Crippen LogP contribution in [0.15, 0.2) is 0 Å². The van der Waals surface area contributed by atoms with E-state index >= 15 is 0 Å². The van der Waals surface area contributed by atoms with Crippen LogP contribution in [0.2, 0.25) is 0 Å². The lowest BCUT2D eigenvalue weighted by molar-refractivity contribution is 0.321. The van der Waals surface area contributed by atoms with E-state index in [1.54, 1.807) is 0 Å². The van der Waals surface area contributed by atoms with Gasteiger partial charge in [-0.15, -0.1) is 0 Å². The zero-order valence-electron chi connectivity index (χ0n) is 6.95. The van der Waals surface area contributed by atoms with Crippen LogP contribution in [0.3, 0.4) is 0 Å². The van der Waals surface area contributed by atoms with Crippen LogP contribution in [-0.4, -0.2) is 30.6 Å². The van der Waals surface area contributed by atoms with Gasteiger partial charge in [-0.2, -0.15) is 5.26 Å². The van der Waals surface area contributed by atoms with E-state index in [9.17, 15) is 0 Å². The van der Waals surface area contributed by atoms with Gasteiger partial charge in [0.15, 0.2) is 0 Å². The number of nitriles is 1. The molecule has 2 unspecified atom stereocenters. The molecule has 0 aromatic heterocycles. The van der Waals surface area contributed by atoms with Crippen molar-refractivity contribution in [3.05, 3.63) is 0 Å². The quantitative estimate of drug-likeness (QED) is 0.615. The Balaban J connectivity index is 2.24. The Hall–Kier alpha value is -0.590. The summed E-state index contributed by atoms with van der Waals surface area (Å²) in [4.78, 5) is 2.26. The largest absolute Gasteiger partial charge is 0.315 e. The van der Waals surface area contributed by atoms with Crippen molar-refractivity contribution in [3.8, 4) is 6.07 Å². The van der Waals surface area contributed by atoms with Crippen molar-refractivity contribution in [1.29, 1.82) is 5.26 Å². The second-order valence-electron chi connectivity index (χ2n) is 3.39. The molecule has 0 aromatic rings. The molecule has 0 radical (unpaired) electrons. The maximum Gasteiger partial charge on any atom is 0.106 e. The van der Waals surface area contributed by atoms with Gasteiger partial charge in [0.2, 0.25) is 0 Å². The van der Waals surface area contributed by atoms with Gasteiger partial charge in [0.1, 0.15) is 6.04 Å². The number of likely N-dealkylation sites (tertiary alicyclic amines) is 1. The molecule has 2 atom stereocenters. The fourth-order valence-electron chi connectivity index (χ4n) is 1.51. The van der Waals surface area contributed by atoms with Gasteiger partial charge in [-0.3, -0.25) is 0 Å². The van der Waals surface area contributed by atoms with Gasteiger partial charge in [0.25, 0.3) is 0 Å². The van der Waals surface area contributed by atoms with Gasteiger partial charge >= 0.3 is 0 Å². The number of hydrogen-bond acceptors (Lipinski definition) is 3. The second-order valence-corrected chi connectivity index (χ2v) is 3.39. The lowest BCUT2D eigenvalue weighted by Gasteiger charge is -2.15. The molecule has 1 heterocycles. The Bertz CT molecular complexity index is 161. The number of nitrogens with zero attached hydrogens (tertiary/aromatic N) is 2. The predicted molar refractivity (Wildman–Crippen MR) is 43.8 cm³/mol. The summed E-state index contributed by atoms with van der Waals surface area (Å²) < 4.78 is 0. The van der Waals surface area contributed by atoms with Crippen LogP contribution in [0.25, 0.3) is 0 Å². The Morgan fingerprint density at radius 2 is 2.55 bits per heavy atom. The van der Waals surface area contributed by atoms with Gasteiger partial charge in [0.05, 0.1) is 6.07 Å². The molecule has 0 bridgehead atoms. The van der Waals surface area contributed by atoms with E-state index < -0.39 is 0 Å². The third kappa shape index (κ3) is 2.49.